The van der Waals surface area contributed by atoms with Crippen LogP contribution in [0.25, 0.3) is 0 Å². The molecular weight excluding hydrogens is 1100 g/mol. The van der Waals surface area contributed by atoms with Gasteiger partial charge in [-0.15, -0.1) is 0 Å². The lowest BCUT2D eigenvalue weighted by atomic mass is 9.78. The van der Waals surface area contributed by atoms with Crippen LogP contribution in [0.3, 0.4) is 0 Å². The van der Waals surface area contributed by atoms with Crippen LogP contribution in [-0.4, -0.2) is 13.2 Å². The molecule has 0 N–H and O–H groups in total. The van der Waals surface area contributed by atoms with E-state index < -0.39 is 0 Å². The van der Waals surface area contributed by atoms with E-state index in [0.29, 0.717) is 10.8 Å². The summed E-state index contributed by atoms with van der Waals surface area (Å²) < 4.78 is 11.0. The second kappa shape index (κ2) is 83.4. The van der Waals surface area contributed by atoms with Gasteiger partial charge in [0.1, 0.15) is 11.5 Å². The summed E-state index contributed by atoms with van der Waals surface area (Å²) >= 11 is 0. The van der Waals surface area contributed by atoms with Crippen molar-refractivity contribution in [3.05, 3.63) is 95.6 Å². The summed E-state index contributed by atoms with van der Waals surface area (Å²) in [6.45, 7) is 66.5. The Morgan fingerprint density at radius 2 is 0.703 bits per heavy atom. The largest absolute Gasteiger partial charge is 0.494 e. The van der Waals surface area contributed by atoms with Gasteiger partial charge in [-0.3, -0.25) is 0 Å². The molecule has 4 rings (SSSR count). The van der Waals surface area contributed by atoms with E-state index in [1.807, 2.05) is 44.2 Å². The van der Waals surface area contributed by atoms with Crippen LogP contribution in [0.1, 0.15) is 407 Å². The van der Waals surface area contributed by atoms with Crippen LogP contribution in [0.2, 0.25) is 0 Å². The number of ether oxygens (including phenoxy) is 2. The zero-order chi connectivity index (χ0) is 68.9. The molecule has 3 aromatic carbocycles. The zero-order valence-electron chi connectivity index (χ0n) is 66.2. The van der Waals surface area contributed by atoms with Gasteiger partial charge in [0.25, 0.3) is 0 Å². The van der Waals surface area contributed by atoms with Gasteiger partial charge in [-0.05, 0) is 109 Å². The number of hydrogen-bond acceptors (Lipinski definition) is 2. The molecule has 0 saturated heterocycles. The molecule has 0 heterocycles. The third kappa shape index (κ3) is 74.5. The molecule has 91 heavy (non-hydrogen) atoms. The minimum Gasteiger partial charge on any atom is -0.494 e. The van der Waals surface area contributed by atoms with Gasteiger partial charge in [0, 0.05) is 1.43 Å². The van der Waals surface area contributed by atoms with E-state index in [0.717, 1.165) is 79.5 Å². The van der Waals surface area contributed by atoms with Gasteiger partial charge >= 0.3 is 0 Å². The Morgan fingerprint density at radius 1 is 0.396 bits per heavy atom. The molecule has 3 aromatic rings. The van der Waals surface area contributed by atoms with Crippen molar-refractivity contribution in [3.63, 3.8) is 0 Å². The van der Waals surface area contributed by atoms with Crippen molar-refractivity contribution in [2.75, 3.05) is 13.2 Å². The highest BCUT2D eigenvalue weighted by atomic mass is 16.5. The normalized spacial score (nSPS) is 12.5. The number of benzene rings is 3. The minimum absolute atomic E-state index is 0. The number of unbranched alkanes of at least 4 members (excludes halogenated alkanes) is 2. The molecule has 2 nitrogen and oxygen atoms in total. The molecule has 0 atom stereocenters. The van der Waals surface area contributed by atoms with Gasteiger partial charge in [-0.2, -0.15) is 0 Å². The van der Waals surface area contributed by atoms with E-state index in [9.17, 15) is 0 Å². The van der Waals surface area contributed by atoms with Crippen LogP contribution >= 0.6 is 0 Å². The van der Waals surface area contributed by atoms with Crippen LogP contribution in [0.4, 0.5) is 0 Å². The molecule has 0 aliphatic heterocycles. The maximum atomic E-state index is 5.55. The van der Waals surface area contributed by atoms with E-state index >= 15 is 0 Å². The van der Waals surface area contributed by atoms with E-state index in [1.54, 1.807) is 0 Å². The van der Waals surface area contributed by atoms with Gasteiger partial charge in [0.15, 0.2) is 0 Å². The van der Waals surface area contributed by atoms with Gasteiger partial charge < -0.3 is 9.47 Å². The predicted molar refractivity (Wildman–Crippen MR) is 434 cm³/mol. The smallest absolute Gasteiger partial charge is 0.119 e. The number of hydrogen-bond donors (Lipinski definition) is 0. The van der Waals surface area contributed by atoms with Gasteiger partial charge in [0.2, 0.25) is 0 Å². The monoisotopic (exact) mass is 1280 g/mol. The SMILES string of the molecule is C.C.C.CC.CCC(C)(CC)CC.CCC(C)CC.CCC(C)CC.CCC(CC)(CC)CC.CCC(CC)CC.CCC1CCC(CC)CC1.CCCC(C)CCC.CCCCOc1ccc(C)cc1.CCCCOc1ccc(CC)cc1.Cc1ccccc1.[HH]. The first kappa shape index (κ1) is 110. The first-order valence-electron chi connectivity index (χ1n) is 38.6. The Bertz CT molecular complexity index is 1580. The lowest BCUT2D eigenvalue weighted by molar-refractivity contribution is 0.240. The quantitative estimate of drug-likeness (QED) is 0.0645. The Labute approximate surface area is 583 Å². The molecular formula is C89H182O2. The molecule has 0 spiro atoms. The molecule has 0 amide bonds. The Morgan fingerprint density at radius 3 is 0.879 bits per heavy atom. The average molecular weight is 1280 g/mol. The Balaban J connectivity index is -0.0000000882. The highest BCUT2D eigenvalue weighted by Crippen LogP contribution is 2.34. The van der Waals surface area contributed by atoms with Crippen molar-refractivity contribution in [1.82, 2.24) is 0 Å². The van der Waals surface area contributed by atoms with E-state index in [2.05, 4.69) is 235 Å². The fourth-order valence-corrected chi connectivity index (χ4v) is 9.53. The van der Waals surface area contributed by atoms with Crippen molar-refractivity contribution in [2.24, 2.45) is 46.3 Å². The third-order valence-electron chi connectivity index (χ3n) is 19.6. The van der Waals surface area contributed by atoms with Crippen molar-refractivity contribution in [3.8, 4) is 11.5 Å². The maximum absolute atomic E-state index is 5.55. The maximum Gasteiger partial charge on any atom is 0.119 e. The summed E-state index contributed by atoms with van der Waals surface area (Å²) in [6, 6.07) is 26.8. The number of rotatable bonds is 29. The highest BCUT2D eigenvalue weighted by Gasteiger charge is 2.20. The summed E-state index contributed by atoms with van der Waals surface area (Å²) in [5.74, 6) is 7.94. The van der Waals surface area contributed by atoms with E-state index in [1.165, 1.54) is 184 Å². The lowest BCUT2D eigenvalue weighted by Gasteiger charge is -2.28. The molecule has 0 radical (unpaired) electrons. The van der Waals surface area contributed by atoms with E-state index in [-0.39, 0.29) is 23.7 Å². The molecule has 1 aliphatic carbocycles. The van der Waals surface area contributed by atoms with Crippen molar-refractivity contribution < 1.29 is 10.9 Å². The van der Waals surface area contributed by atoms with Crippen LogP contribution in [0, 0.1) is 60.2 Å². The second-order valence-corrected chi connectivity index (χ2v) is 26.0. The fraction of sp³-hybridized carbons (Fsp3) is 0.798. The topological polar surface area (TPSA) is 18.5 Å². The summed E-state index contributed by atoms with van der Waals surface area (Å²) in [5.41, 5.74) is 5.25. The summed E-state index contributed by atoms with van der Waals surface area (Å²) in [5, 5.41) is 0. The van der Waals surface area contributed by atoms with Crippen molar-refractivity contribution in [1.29, 1.82) is 0 Å². The molecule has 550 valence electrons. The first-order valence-corrected chi connectivity index (χ1v) is 38.6. The Kier molecular flexibility index (Phi) is 101. The first-order chi connectivity index (χ1) is 42.1. The zero-order valence-corrected chi connectivity index (χ0v) is 66.2. The van der Waals surface area contributed by atoms with Crippen molar-refractivity contribution in [2.45, 2.75) is 409 Å². The molecule has 0 unspecified atom stereocenters. The lowest BCUT2D eigenvalue weighted by Crippen LogP contribution is -2.15. The molecule has 1 aliphatic rings. The predicted octanol–water partition coefficient (Wildman–Crippen LogP) is 33.2. The summed E-state index contributed by atoms with van der Waals surface area (Å²) in [4.78, 5) is 0. The Hall–Kier alpha value is -2.74. The standard InChI is InChI=1S/C12H18O.C11H16O.C10H20.C9H20.2C8H18.C7H8.C7H16.2C6H14.C2H6.3CH4.H2/c1-3-5-10-13-12-8-6-11(4-2)7-9-12;1-3-4-9-12-11-7-5-10(2)6-8-11;1-3-9-5-7-10(4-2)8-6-9;1-5-9(6-2,7-3)8-4;1-5-8(4,6-2)7-3;1-4-6-8(3)7-5-2;1-7-5-3-2-4-6-7;1-4-7(5-2)6-3;2*1-4-6(3)5-2;1-2;;;;/h6-9H,3-5,10H2,1-2H3;5-8H,3-4,9H2,1-2H3;9-10H,3-8H2,1-2H3;5-8H2,1-4H3;5-7H2,1-4H3;8H,4-7H2,1-3H3;2-6H,1H3;7H,4-6H2,1-3H3;2*6H,4-5H2,1-3H3;1-2H3;3*1H4;1H. The van der Waals surface area contributed by atoms with Crippen LogP contribution < -0.4 is 9.47 Å². The summed E-state index contributed by atoms with van der Waals surface area (Å²) in [7, 11) is 0. The van der Waals surface area contributed by atoms with Gasteiger partial charge in [-0.1, -0.05) is 442 Å². The molecule has 1 saturated carbocycles. The van der Waals surface area contributed by atoms with Crippen LogP contribution in [-0.2, 0) is 6.42 Å². The molecule has 1 fully saturated rings. The molecule has 0 aromatic heterocycles. The minimum atomic E-state index is 0. The number of aryl methyl sites for hydroxylation is 3. The van der Waals surface area contributed by atoms with E-state index in [4.69, 9.17) is 9.47 Å². The fourth-order valence-electron chi connectivity index (χ4n) is 9.53. The molecule has 2 heteroatoms. The average Bonchev–Trinajstić information content (AvgIpc) is 3.51. The second-order valence-electron chi connectivity index (χ2n) is 26.0. The molecule has 0 bridgehead atoms. The van der Waals surface area contributed by atoms with Gasteiger partial charge in [0.05, 0.1) is 13.2 Å². The van der Waals surface area contributed by atoms with Crippen molar-refractivity contribution >= 4 is 0 Å². The third-order valence-corrected chi connectivity index (χ3v) is 19.6. The van der Waals surface area contributed by atoms with Gasteiger partial charge in [-0.25, -0.2) is 0 Å². The summed E-state index contributed by atoms with van der Waals surface area (Å²) in [6.07, 6.45) is 38.8. The van der Waals surface area contributed by atoms with Crippen LogP contribution in [0.15, 0.2) is 78.9 Å². The van der Waals surface area contributed by atoms with Crippen LogP contribution in [0.5, 0.6) is 11.5 Å². The highest BCUT2D eigenvalue weighted by molar-refractivity contribution is 5.27.